The van der Waals surface area contributed by atoms with Gasteiger partial charge >= 0.3 is 5.97 Å². The summed E-state index contributed by atoms with van der Waals surface area (Å²) in [5.74, 6) is -0.770. The molecule has 5 nitrogen and oxygen atoms in total. The molecule has 0 radical (unpaired) electrons. The van der Waals surface area contributed by atoms with Crippen LogP contribution in [0, 0.1) is 11.8 Å². The van der Waals surface area contributed by atoms with Crippen LogP contribution in [0.25, 0.3) is 0 Å². The fourth-order valence-electron chi connectivity index (χ4n) is 3.83. The molecule has 3 rings (SSSR count). The van der Waals surface area contributed by atoms with Gasteiger partial charge in [-0.05, 0) is 30.2 Å². The average molecular weight is 288 g/mol. The molecule has 1 aromatic rings. The number of hydrogen-bond donors (Lipinski definition) is 2. The van der Waals surface area contributed by atoms with E-state index in [2.05, 4.69) is 0 Å². The zero-order valence-corrected chi connectivity index (χ0v) is 11.8. The van der Waals surface area contributed by atoms with Crippen molar-refractivity contribution in [3.63, 3.8) is 0 Å². The number of rotatable bonds is 3. The van der Waals surface area contributed by atoms with Crippen molar-refractivity contribution in [1.29, 1.82) is 0 Å². The minimum atomic E-state index is -0.905. The van der Waals surface area contributed by atoms with Crippen molar-refractivity contribution in [1.82, 2.24) is 4.90 Å². The normalized spacial score (nSPS) is 29.2. The Labute approximate surface area is 123 Å². The molecule has 1 saturated heterocycles. The molecule has 3 N–H and O–H groups in total. The van der Waals surface area contributed by atoms with Crippen molar-refractivity contribution >= 4 is 11.9 Å². The summed E-state index contributed by atoms with van der Waals surface area (Å²) in [5, 5.41) is 9.50. The molecule has 0 spiro atoms. The van der Waals surface area contributed by atoms with E-state index in [1.54, 1.807) is 12.1 Å². The van der Waals surface area contributed by atoms with Gasteiger partial charge in [0.1, 0.15) is 12.1 Å². The van der Waals surface area contributed by atoms with E-state index in [9.17, 15) is 14.7 Å². The van der Waals surface area contributed by atoms with Crippen molar-refractivity contribution < 1.29 is 14.7 Å². The van der Waals surface area contributed by atoms with Crippen LogP contribution in [-0.2, 0) is 9.59 Å². The molecule has 4 atom stereocenters. The third-order valence-electron chi connectivity index (χ3n) is 4.85. The average Bonchev–Trinajstić information content (AvgIpc) is 3.06. The lowest BCUT2D eigenvalue weighted by molar-refractivity contribution is -0.150. The quantitative estimate of drug-likeness (QED) is 0.880. The standard InChI is InChI=1S/C16H20N2O3/c17-13(10-5-2-1-3-6-10)15(19)18-9-11-7-4-8-12(11)14(18)16(20)21/h1-3,5-6,11-14H,4,7-9,17H2,(H,20,21)/t11?,12?,13-,14?/m0/s1. The van der Waals surface area contributed by atoms with Gasteiger partial charge in [-0.1, -0.05) is 36.8 Å². The number of carbonyl (C=O) groups is 2. The summed E-state index contributed by atoms with van der Waals surface area (Å²) in [6.45, 7) is 0.529. The summed E-state index contributed by atoms with van der Waals surface area (Å²) in [4.78, 5) is 25.7. The monoisotopic (exact) mass is 288 g/mol. The van der Waals surface area contributed by atoms with Gasteiger partial charge in [0.05, 0.1) is 0 Å². The molecule has 1 saturated carbocycles. The van der Waals surface area contributed by atoms with Crippen molar-refractivity contribution in [2.24, 2.45) is 17.6 Å². The lowest BCUT2D eigenvalue weighted by Crippen LogP contribution is -2.46. The molecule has 0 bridgehead atoms. The molecule has 3 unspecified atom stereocenters. The summed E-state index contributed by atoms with van der Waals surface area (Å²) in [7, 11) is 0. The number of carboxylic acid groups (broad SMARTS) is 1. The van der Waals surface area contributed by atoms with Gasteiger partial charge in [0.15, 0.2) is 0 Å². The van der Waals surface area contributed by atoms with Crippen LogP contribution >= 0.6 is 0 Å². The number of carboxylic acids is 1. The highest BCUT2D eigenvalue weighted by Crippen LogP contribution is 2.42. The zero-order chi connectivity index (χ0) is 15.0. The van der Waals surface area contributed by atoms with Gasteiger partial charge in [-0.25, -0.2) is 4.79 Å². The predicted octanol–water partition coefficient (Wildman–Crippen LogP) is 1.40. The van der Waals surface area contributed by atoms with Gasteiger partial charge < -0.3 is 15.7 Å². The Balaban J connectivity index is 1.82. The predicted molar refractivity (Wildman–Crippen MR) is 77.3 cm³/mol. The summed E-state index contributed by atoms with van der Waals surface area (Å²) < 4.78 is 0. The van der Waals surface area contributed by atoms with Crippen molar-refractivity contribution in [3.8, 4) is 0 Å². The first-order valence-corrected chi connectivity index (χ1v) is 7.43. The Bertz CT molecular complexity index is 546. The number of amides is 1. The Hall–Kier alpha value is -1.88. The van der Waals surface area contributed by atoms with E-state index in [0.717, 1.165) is 24.8 Å². The molecular formula is C16H20N2O3. The molecule has 2 aliphatic rings. The fourth-order valence-corrected chi connectivity index (χ4v) is 3.83. The first kappa shape index (κ1) is 14.1. The smallest absolute Gasteiger partial charge is 0.326 e. The molecule has 1 aromatic carbocycles. The van der Waals surface area contributed by atoms with Crippen molar-refractivity contribution in [3.05, 3.63) is 35.9 Å². The van der Waals surface area contributed by atoms with Crippen LogP contribution in [0.2, 0.25) is 0 Å². The number of aliphatic carboxylic acids is 1. The molecule has 5 heteroatoms. The zero-order valence-electron chi connectivity index (χ0n) is 11.8. The largest absolute Gasteiger partial charge is 0.480 e. The minimum absolute atomic E-state index is 0.0921. The van der Waals surface area contributed by atoms with Crippen LogP contribution in [0.15, 0.2) is 30.3 Å². The molecule has 21 heavy (non-hydrogen) atoms. The number of carbonyl (C=O) groups excluding carboxylic acids is 1. The summed E-state index contributed by atoms with van der Waals surface area (Å²) in [6, 6.07) is 7.63. The third kappa shape index (κ3) is 2.42. The van der Waals surface area contributed by atoms with Crippen LogP contribution < -0.4 is 5.73 Å². The topological polar surface area (TPSA) is 83.6 Å². The summed E-state index contributed by atoms with van der Waals surface area (Å²) >= 11 is 0. The number of nitrogens with two attached hydrogens (primary N) is 1. The summed E-state index contributed by atoms with van der Waals surface area (Å²) in [6.07, 6.45) is 2.97. The molecule has 0 aromatic heterocycles. The van der Waals surface area contributed by atoms with E-state index in [4.69, 9.17) is 5.73 Å². The molecule has 1 heterocycles. The van der Waals surface area contributed by atoms with Crippen LogP contribution in [0.1, 0.15) is 30.9 Å². The van der Waals surface area contributed by atoms with Gasteiger partial charge in [0.25, 0.3) is 0 Å². The van der Waals surface area contributed by atoms with E-state index in [-0.39, 0.29) is 11.8 Å². The lowest BCUT2D eigenvalue weighted by atomic mass is 9.94. The first-order valence-electron chi connectivity index (χ1n) is 7.43. The second-order valence-corrected chi connectivity index (χ2v) is 6.02. The number of benzene rings is 1. The number of likely N-dealkylation sites (tertiary alicyclic amines) is 1. The van der Waals surface area contributed by atoms with E-state index in [1.807, 2.05) is 18.2 Å². The van der Waals surface area contributed by atoms with Crippen LogP contribution in [0.3, 0.4) is 0 Å². The summed E-state index contributed by atoms with van der Waals surface area (Å²) in [5.41, 5.74) is 6.77. The number of hydrogen-bond acceptors (Lipinski definition) is 3. The first-order chi connectivity index (χ1) is 10.1. The van der Waals surface area contributed by atoms with Gasteiger partial charge in [0.2, 0.25) is 5.91 Å². The highest BCUT2D eigenvalue weighted by Gasteiger charge is 2.50. The van der Waals surface area contributed by atoms with Crippen molar-refractivity contribution in [2.75, 3.05) is 6.54 Å². The maximum Gasteiger partial charge on any atom is 0.326 e. The van der Waals surface area contributed by atoms with Crippen LogP contribution in [-0.4, -0.2) is 34.5 Å². The van der Waals surface area contributed by atoms with Gasteiger partial charge in [-0.2, -0.15) is 0 Å². The van der Waals surface area contributed by atoms with Crippen molar-refractivity contribution in [2.45, 2.75) is 31.3 Å². The molecular weight excluding hydrogens is 268 g/mol. The number of fused-ring (bicyclic) bond motifs is 1. The van der Waals surface area contributed by atoms with Crippen LogP contribution in [0.4, 0.5) is 0 Å². The maximum absolute atomic E-state index is 12.6. The van der Waals surface area contributed by atoms with E-state index in [1.165, 1.54) is 4.90 Å². The van der Waals surface area contributed by atoms with Gasteiger partial charge in [-0.3, -0.25) is 4.79 Å². The molecule has 112 valence electrons. The minimum Gasteiger partial charge on any atom is -0.480 e. The Kier molecular flexibility index (Phi) is 3.68. The highest BCUT2D eigenvalue weighted by atomic mass is 16.4. The Morgan fingerprint density at radius 1 is 1.24 bits per heavy atom. The second-order valence-electron chi connectivity index (χ2n) is 6.02. The van der Waals surface area contributed by atoms with Crippen LogP contribution in [0.5, 0.6) is 0 Å². The van der Waals surface area contributed by atoms with E-state index in [0.29, 0.717) is 12.5 Å². The van der Waals surface area contributed by atoms with Gasteiger partial charge in [-0.15, -0.1) is 0 Å². The maximum atomic E-state index is 12.6. The Morgan fingerprint density at radius 2 is 1.95 bits per heavy atom. The molecule has 2 fully saturated rings. The fraction of sp³-hybridized carbons (Fsp3) is 0.500. The molecule has 1 amide bonds. The molecule has 1 aliphatic heterocycles. The SMILES string of the molecule is N[C@H](C(=O)N1CC2CCCC2C1C(=O)O)c1ccccc1. The Morgan fingerprint density at radius 3 is 2.62 bits per heavy atom. The highest BCUT2D eigenvalue weighted by molar-refractivity contribution is 5.88. The number of nitrogens with zero attached hydrogens (tertiary/aromatic N) is 1. The van der Waals surface area contributed by atoms with E-state index >= 15 is 0 Å². The second kappa shape index (κ2) is 5.48. The van der Waals surface area contributed by atoms with Gasteiger partial charge in [0, 0.05) is 6.54 Å². The lowest BCUT2D eigenvalue weighted by Gasteiger charge is -2.27. The third-order valence-corrected chi connectivity index (χ3v) is 4.85. The van der Waals surface area contributed by atoms with E-state index < -0.39 is 18.1 Å². The molecule has 1 aliphatic carbocycles.